The van der Waals surface area contributed by atoms with Crippen LogP contribution in [0.2, 0.25) is 0 Å². The Balaban J connectivity index is 0.000000317. The summed E-state index contributed by atoms with van der Waals surface area (Å²) in [5.41, 5.74) is 2.82. The lowest BCUT2D eigenvalue weighted by Crippen LogP contribution is -2.57. The lowest BCUT2D eigenvalue weighted by atomic mass is 9.58. The fourth-order valence-electron chi connectivity index (χ4n) is 4.82. The number of nitrogens with zero attached hydrogens (tertiary/aromatic N) is 3. The third kappa shape index (κ3) is 8.98. The lowest BCUT2D eigenvalue weighted by Gasteiger charge is -2.57. The molecular weight excluding hydrogens is 540 g/mol. The van der Waals surface area contributed by atoms with E-state index in [4.69, 9.17) is 28.7 Å². The number of carbonyl (C=O) groups is 2. The molecule has 1 saturated carbocycles. The first-order valence-electron chi connectivity index (χ1n) is 11.9. The molecular formula is C24H31F6N3O6. The van der Waals surface area contributed by atoms with Crippen LogP contribution in [0.15, 0.2) is 27.3 Å². The molecule has 2 aromatic rings. The zero-order chi connectivity index (χ0) is 29.6. The van der Waals surface area contributed by atoms with Crippen molar-refractivity contribution in [3.63, 3.8) is 0 Å². The molecule has 39 heavy (non-hydrogen) atoms. The predicted octanol–water partition coefficient (Wildman–Crippen LogP) is 5.03. The van der Waals surface area contributed by atoms with E-state index in [1.165, 1.54) is 44.3 Å². The summed E-state index contributed by atoms with van der Waals surface area (Å²) in [7, 11) is 2.25. The van der Waals surface area contributed by atoms with Crippen LogP contribution in [0.5, 0.6) is 0 Å². The summed E-state index contributed by atoms with van der Waals surface area (Å²) in [5.74, 6) is -3.47. The van der Waals surface area contributed by atoms with E-state index >= 15 is 0 Å². The summed E-state index contributed by atoms with van der Waals surface area (Å²) in [6, 6.07) is 4.75. The molecule has 1 atom stereocenters. The number of halogens is 6. The summed E-state index contributed by atoms with van der Waals surface area (Å²) < 4.78 is 74.3. The molecule has 4 rings (SSSR count). The summed E-state index contributed by atoms with van der Waals surface area (Å²) >= 11 is 0. The molecule has 0 aromatic carbocycles. The van der Waals surface area contributed by atoms with Gasteiger partial charge >= 0.3 is 24.3 Å². The number of furan rings is 1. The Morgan fingerprint density at radius 3 is 1.97 bits per heavy atom. The lowest BCUT2D eigenvalue weighted by molar-refractivity contribution is -0.193. The highest BCUT2D eigenvalue weighted by Gasteiger charge is 2.49. The second-order valence-corrected chi connectivity index (χ2v) is 9.60. The second kappa shape index (κ2) is 12.9. The van der Waals surface area contributed by atoms with Crippen molar-refractivity contribution in [1.29, 1.82) is 0 Å². The second-order valence-electron chi connectivity index (χ2n) is 9.60. The number of aromatic nitrogens is 1. The Bertz CT molecular complexity index is 1030. The van der Waals surface area contributed by atoms with Gasteiger partial charge in [0.05, 0.1) is 18.5 Å². The molecule has 0 amide bonds. The molecule has 2 aliphatic rings. The van der Waals surface area contributed by atoms with E-state index in [1.807, 2.05) is 19.9 Å². The average Bonchev–Trinajstić information content (AvgIpc) is 3.43. The first-order valence-corrected chi connectivity index (χ1v) is 11.9. The molecule has 2 N–H and O–H groups in total. The molecule has 3 heterocycles. The Hall–Kier alpha value is -3.07. The van der Waals surface area contributed by atoms with Crippen molar-refractivity contribution in [2.75, 3.05) is 20.1 Å². The van der Waals surface area contributed by atoms with Crippen LogP contribution in [-0.4, -0.2) is 75.6 Å². The first-order chi connectivity index (χ1) is 18.0. The summed E-state index contributed by atoms with van der Waals surface area (Å²) in [6.45, 7) is 8.31. The van der Waals surface area contributed by atoms with Crippen LogP contribution in [0.4, 0.5) is 26.3 Å². The number of carboxylic acid groups (broad SMARTS) is 2. The number of piperidine rings is 1. The highest BCUT2D eigenvalue weighted by molar-refractivity contribution is 5.73. The van der Waals surface area contributed by atoms with Gasteiger partial charge in [-0.1, -0.05) is 5.16 Å². The standard InChI is InChI=1S/C20H29N3O2.2C2HF3O2/c1-15-18(16(2)25-21-15)14-23-10-8-20(9-11-23)7-6-19(20)22(3)13-17-5-4-12-24-17;2*3-2(4,5)1(6)7/h4-5,12,19H,6-11,13-14H2,1-3H3;2*(H,6,7). The largest absolute Gasteiger partial charge is 0.490 e. The fraction of sp³-hybridized carbons (Fsp3) is 0.625. The van der Waals surface area contributed by atoms with Crippen LogP contribution in [-0.2, 0) is 22.7 Å². The van der Waals surface area contributed by atoms with Gasteiger partial charge in [0.25, 0.3) is 0 Å². The van der Waals surface area contributed by atoms with E-state index in [9.17, 15) is 26.3 Å². The Morgan fingerprint density at radius 1 is 1.08 bits per heavy atom. The van der Waals surface area contributed by atoms with Gasteiger partial charge in [0.1, 0.15) is 11.5 Å². The molecule has 1 saturated heterocycles. The first kappa shape index (κ1) is 32.1. The van der Waals surface area contributed by atoms with Crippen LogP contribution in [0, 0.1) is 19.3 Å². The molecule has 220 valence electrons. The van der Waals surface area contributed by atoms with E-state index in [2.05, 4.69) is 28.1 Å². The molecule has 9 nitrogen and oxygen atoms in total. The quantitative estimate of drug-likeness (QED) is 0.476. The number of aliphatic carboxylic acids is 2. The number of hydrogen-bond donors (Lipinski definition) is 2. The highest BCUT2D eigenvalue weighted by Crippen LogP contribution is 2.51. The van der Waals surface area contributed by atoms with Gasteiger partial charge in [-0.3, -0.25) is 9.80 Å². The van der Waals surface area contributed by atoms with E-state index in [1.54, 1.807) is 6.26 Å². The van der Waals surface area contributed by atoms with Gasteiger partial charge in [0.2, 0.25) is 0 Å². The maximum Gasteiger partial charge on any atom is 0.490 e. The van der Waals surface area contributed by atoms with Crippen molar-refractivity contribution in [3.8, 4) is 0 Å². The van der Waals surface area contributed by atoms with E-state index in [0.29, 0.717) is 11.5 Å². The van der Waals surface area contributed by atoms with Crippen LogP contribution in [0.1, 0.15) is 48.5 Å². The normalized spacial score (nSPS) is 19.0. The van der Waals surface area contributed by atoms with Crippen molar-refractivity contribution < 1.29 is 55.1 Å². The zero-order valence-electron chi connectivity index (χ0n) is 21.6. The number of carboxylic acids is 2. The van der Waals surface area contributed by atoms with Gasteiger partial charge in [0.15, 0.2) is 0 Å². The fourth-order valence-corrected chi connectivity index (χ4v) is 4.82. The molecule has 15 heteroatoms. The third-order valence-electron chi connectivity index (χ3n) is 7.04. The number of aryl methyl sites for hydroxylation is 2. The Labute approximate surface area is 220 Å². The monoisotopic (exact) mass is 571 g/mol. The van der Waals surface area contributed by atoms with Gasteiger partial charge in [-0.2, -0.15) is 26.3 Å². The molecule has 2 aromatic heterocycles. The molecule has 0 radical (unpaired) electrons. The van der Waals surface area contributed by atoms with Gasteiger partial charge in [-0.25, -0.2) is 9.59 Å². The Morgan fingerprint density at radius 2 is 1.62 bits per heavy atom. The van der Waals surface area contributed by atoms with Crippen LogP contribution in [0.25, 0.3) is 0 Å². The average molecular weight is 572 g/mol. The van der Waals surface area contributed by atoms with Gasteiger partial charge in [-0.05, 0) is 77.2 Å². The minimum absolute atomic E-state index is 0.510. The van der Waals surface area contributed by atoms with Crippen LogP contribution in [0.3, 0.4) is 0 Å². The maximum absolute atomic E-state index is 10.6. The van der Waals surface area contributed by atoms with E-state index < -0.39 is 24.3 Å². The van der Waals surface area contributed by atoms with Crippen LogP contribution < -0.4 is 0 Å². The van der Waals surface area contributed by atoms with Crippen molar-refractivity contribution in [2.24, 2.45) is 5.41 Å². The number of alkyl halides is 6. The molecule has 1 unspecified atom stereocenters. The van der Waals surface area contributed by atoms with Crippen molar-refractivity contribution in [1.82, 2.24) is 15.0 Å². The van der Waals surface area contributed by atoms with E-state index in [0.717, 1.165) is 30.3 Å². The molecule has 2 fully saturated rings. The van der Waals surface area contributed by atoms with E-state index in [-0.39, 0.29) is 0 Å². The van der Waals surface area contributed by atoms with Crippen LogP contribution >= 0.6 is 0 Å². The smallest absolute Gasteiger partial charge is 0.475 e. The molecule has 1 spiro atoms. The third-order valence-corrected chi connectivity index (χ3v) is 7.04. The number of hydrogen-bond acceptors (Lipinski definition) is 7. The summed E-state index contributed by atoms with van der Waals surface area (Å²) in [5, 5.41) is 18.3. The van der Waals surface area contributed by atoms with Gasteiger partial charge in [0, 0.05) is 18.2 Å². The zero-order valence-corrected chi connectivity index (χ0v) is 21.6. The molecule has 1 aliphatic heterocycles. The van der Waals surface area contributed by atoms with Crippen molar-refractivity contribution in [2.45, 2.75) is 71.0 Å². The maximum atomic E-state index is 10.6. The highest BCUT2D eigenvalue weighted by atomic mass is 19.4. The predicted molar refractivity (Wildman–Crippen MR) is 123 cm³/mol. The minimum atomic E-state index is -5.08. The van der Waals surface area contributed by atoms with Crippen molar-refractivity contribution in [3.05, 3.63) is 41.2 Å². The van der Waals surface area contributed by atoms with Crippen molar-refractivity contribution >= 4 is 11.9 Å². The Kier molecular flexibility index (Phi) is 10.6. The molecule has 1 aliphatic carbocycles. The summed E-state index contributed by atoms with van der Waals surface area (Å²) in [4.78, 5) is 22.9. The number of likely N-dealkylation sites (tertiary alicyclic amines) is 1. The topological polar surface area (TPSA) is 120 Å². The summed E-state index contributed by atoms with van der Waals surface area (Å²) in [6.07, 6.45) is -3.11. The van der Waals surface area contributed by atoms with Gasteiger partial charge in [-0.15, -0.1) is 0 Å². The number of rotatable bonds is 5. The molecule has 0 bridgehead atoms. The SMILES string of the molecule is Cc1noc(C)c1CN1CCC2(CCC2N(C)Cc2ccco2)CC1.O=C(O)C(F)(F)F.O=C(O)C(F)(F)F. The van der Waals surface area contributed by atoms with Gasteiger partial charge < -0.3 is 19.2 Å². The minimum Gasteiger partial charge on any atom is -0.475 e.